The van der Waals surface area contributed by atoms with Crippen LogP contribution in [0.2, 0.25) is 0 Å². The minimum absolute atomic E-state index is 1.06. The molecule has 1 aromatic heterocycles. The van der Waals surface area contributed by atoms with Gasteiger partial charge >= 0.3 is 0 Å². The number of nitrogens with zero attached hydrogens (tertiary/aromatic N) is 2. The molecule has 13 heavy (non-hydrogen) atoms. The highest BCUT2D eigenvalue weighted by molar-refractivity contribution is 4.85. The zero-order valence-corrected chi connectivity index (χ0v) is 9.38. The van der Waals surface area contributed by atoms with E-state index in [9.17, 15) is 0 Å². The summed E-state index contributed by atoms with van der Waals surface area (Å²) in [7, 11) is 1.97. The Hall–Kier alpha value is -0.790. The van der Waals surface area contributed by atoms with Crippen LogP contribution in [0, 0.1) is 6.92 Å². The molecule has 76 valence electrons. The first kappa shape index (κ1) is 12.2. The number of aromatic nitrogens is 2. The molecular formula is C11H22N2. The lowest BCUT2D eigenvalue weighted by Gasteiger charge is -1.87. The summed E-state index contributed by atoms with van der Waals surface area (Å²) in [5, 5.41) is 0. The summed E-state index contributed by atoms with van der Waals surface area (Å²) < 4.78 is 1.97. The van der Waals surface area contributed by atoms with Crippen LogP contribution in [0.4, 0.5) is 0 Å². The van der Waals surface area contributed by atoms with Crippen LogP contribution < -0.4 is 0 Å². The number of rotatable bonds is 3. The average Bonchev–Trinajstić information content (AvgIpc) is 2.49. The fourth-order valence-corrected chi connectivity index (χ4v) is 0.940. The molecule has 0 radical (unpaired) electrons. The van der Waals surface area contributed by atoms with Gasteiger partial charge in [-0.1, -0.05) is 39.5 Å². The normalized spacial score (nSPS) is 9.23. The van der Waals surface area contributed by atoms with Gasteiger partial charge in [0.1, 0.15) is 5.82 Å². The van der Waals surface area contributed by atoms with E-state index in [-0.39, 0.29) is 0 Å². The maximum absolute atomic E-state index is 3.98. The molecule has 0 aliphatic heterocycles. The van der Waals surface area contributed by atoms with E-state index in [2.05, 4.69) is 18.8 Å². The van der Waals surface area contributed by atoms with Gasteiger partial charge in [-0.25, -0.2) is 4.98 Å². The summed E-state index contributed by atoms with van der Waals surface area (Å²) in [5.74, 6) is 1.06. The third-order valence-corrected chi connectivity index (χ3v) is 2.02. The maximum Gasteiger partial charge on any atom is 0.105 e. The van der Waals surface area contributed by atoms with Gasteiger partial charge in [-0.2, -0.15) is 0 Å². The zero-order chi connectivity index (χ0) is 10.1. The lowest BCUT2D eigenvalue weighted by Crippen LogP contribution is -1.86. The zero-order valence-electron chi connectivity index (χ0n) is 9.38. The van der Waals surface area contributed by atoms with Gasteiger partial charge in [0.05, 0.1) is 0 Å². The largest absolute Gasteiger partial charge is 0.338 e. The van der Waals surface area contributed by atoms with Crippen molar-refractivity contribution in [2.75, 3.05) is 0 Å². The van der Waals surface area contributed by atoms with Gasteiger partial charge < -0.3 is 4.57 Å². The Kier molecular flexibility index (Phi) is 7.36. The number of unbranched alkanes of at least 4 members (excludes halogenated alkanes) is 3. The molecule has 0 bridgehead atoms. The molecule has 0 aliphatic carbocycles. The first-order valence-electron chi connectivity index (χ1n) is 5.16. The van der Waals surface area contributed by atoms with Gasteiger partial charge in [-0.3, -0.25) is 0 Å². The second-order valence-electron chi connectivity index (χ2n) is 3.29. The topological polar surface area (TPSA) is 17.8 Å². The third kappa shape index (κ3) is 6.38. The van der Waals surface area contributed by atoms with Crippen molar-refractivity contribution in [3.8, 4) is 0 Å². The maximum atomic E-state index is 3.98. The predicted octanol–water partition coefficient (Wildman–Crippen LogP) is 3.32. The number of hydrogen-bond acceptors (Lipinski definition) is 1. The Balaban J connectivity index is 0.000000226. The first-order chi connectivity index (χ1) is 6.22. The summed E-state index contributed by atoms with van der Waals surface area (Å²) in [6.45, 7) is 6.44. The molecule has 0 fully saturated rings. The Labute approximate surface area is 82.0 Å². The van der Waals surface area contributed by atoms with Crippen LogP contribution in [-0.4, -0.2) is 9.55 Å². The number of hydrogen-bond donors (Lipinski definition) is 0. The van der Waals surface area contributed by atoms with E-state index in [4.69, 9.17) is 0 Å². The molecule has 0 N–H and O–H groups in total. The molecule has 0 spiro atoms. The van der Waals surface area contributed by atoms with Crippen molar-refractivity contribution in [3.63, 3.8) is 0 Å². The van der Waals surface area contributed by atoms with E-state index in [1.165, 1.54) is 25.7 Å². The number of aryl methyl sites for hydroxylation is 2. The molecule has 1 rings (SSSR count). The van der Waals surface area contributed by atoms with Gasteiger partial charge in [-0.15, -0.1) is 0 Å². The van der Waals surface area contributed by atoms with Crippen LogP contribution in [0.25, 0.3) is 0 Å². The fraction of sp³-hybridized carbons (Fsp3) is 0.727. The standard InChI is InChI=1S/C6H14.C5H8N2/c1-3-5-6-4-2;1-5-6-3-4-7(5)2/h3-6H2,1-2H3;3-4H,1-2H3. The lowest BCUT2D eigenvalue weighted by atomic mass is 10.2. The third-order valence-electron chi connectivity index (χ3n) is 2.02. The monoisotopic (exact) mass is 182 g/mol. The van der Waals surface area contributed by atoms with E-state index in [0.717, 1.165) is 5.82 Å². The van der Waals surface area contributed by atoms with Gasteiger partial charge in [0.2, 0.25) is 0 Å². The predicted molar refractivity (Wildman–Crippen MR) is 57.8 cm³/mol. The van der Waals surface area contributed by atoms with Crippen molar-refractivity contribution in [2.24, 2.45) is 7.05 Å². The van der Waals surface area contributed by atoms with Crippen LogP contribution in [0.1, 0.15) is 45.4 Å². The minimum Gasteiger partial charge on any atom is -0.338 e. The lowest BCUT2D eigenvalue weighted by molar-refractivity contribution is 0.702. The van der Waals surface area contributed by atoms with Crippen LogP contribution in [-0.2, 0) is 7.05 Å². The molecular weight excluding hydrogens is 160 g/mol. The smallest absolute Gasteiger partial charge is 0.105 e. The van der Waals surface area contributed by atoms with Gasteiger partial charge in [0.25, 0.3) is 0 Å². The molecule has 0 aliphatic rings. The van der Waals surface area contributed by atoms with E-state index in [1.807, 2.05) is 24.7 Å². The molecule has 0 unspecified atom stereocenters. The molecule has 0 saturated carbocycles. The molecule has 2 heteroatoms. The van der Waals surface area contributed by atoms with Crippen LogP contribution in [0.5, 0.6) is 0 Å². The Bertz CT molecular complexity index is 183. The van der Waals surface area contributed by atoms with Crippen molar-refractivity contribution in [3.05, 3.63) is 18.2 Å². The molecule has 0 amide bonds. The minimum atomic E-state index is 1.06. The fourth-order valence-electron chi connectivity index (χ4n) is 0.940. The summed E-state index contributed by atoms with van der Waals surface area (Å²) in [4.78, 5) is 3.98. The highest BCUT2D eigenvalue weighted by Gasteiger charge is 1.83. The Morgan fingerprint density at radius 2 is 1.77 bits per heavy atom. The van der Waals surface area contributed by atoms with Crippen molar-refractivity contribution in [2.45, 2.75) is 46.5 Å². The SMILES string of the molecule is CCCCCC.Cc1nccn1C. The summed E-state index contributed by atoms with van der Waals surface area (Å²) >= 11 is 0. The molecule has 1 heterocycles. The molecule has 0 atom stereocenters. The molecule has 0 saturated heterocycles. The van der Waals surface area contributed by atoms with E-state index < -0.39 is 0 Å². The van der Waals surface area contributed by atoms with Gasteiger partial charge in [-0.05, 0) is 6.92 Å². The van der Waals surface area contributed by atoms with Crippen LogP contribution in [0.15, 0.2) is 12.4 Å². The van der Waals surface area contributed by atoms with Gasteiger partial charge in [0.15, 0.2) is 0 Å². The summed E-state index contributed by atoms with van der Waals surface area (Å²) in [5.41, 5.74) is 0. The Morgan fingerprint density at radius 3 is 1.92 bits per heavy atom. The summed E-state index contributed by atoms with van der Waals surface area (Å²) in [6, 6.07) is 0. The van der Waals surface area contributed by atoms with Crippen LogP contribution >= 0.6 is 0 Å². The average molecular weight is 182 g/mol. The highest BCUT2D eigenvalue weighted by atomic mass is 15.0. The summed E-state index contributed by atoms with van der Waals surface area (Å²) in [6.07, 6.45) is 9.25. The Morgan fingerprint density at radius 1 is 1.23 bits per heavy atom. The quantitative estimate of drug-likeness (QED) is 0.656. The second kappa shape index (κ2) is 7.84. The number of imidazole rings is 1. The highest BCUT2D eigenvalue weighted by Crippen LogP contribution is 1.95. The van der Waals surface area contributed by atoms with Crippen molar-refractivity contribution in [1.82, 2.24) is 9.55 Å². The van der Waals surface area contributed by atoms with E-state index in [0.29, 0.717) is 0 Å². The van der Waals surface area contributed by atoms with Crippen LogP contribution in [0.3, 0.4) is 0 Å². The van der Waals surface area contributed by atoms with E-state index in [1.54, 1.807) is 6.20 Å². The van der Waals surface area contributed by atoms with Gasteiger partial charge in [0, 0.05) is 19.4 Å². The molecule has 0 aromatic carbocycles. The van der Waals surface area contributed by atoms with Crippen molar-refractivity contribution >= 4 is 0 Å². The van der Waals surface area contributed by atoms with Crippen molar-refractivity contribution in [1.29, 1.82) is 0 Å². The second-order valence-corrected chi connectivity index (χ2v) is 3.29. The first-order valence-corrected chi connectivity index (χ1v) is 5.16. The van der Waals surface area contributed by atoms with E-state index >= 15 is 0 Å². The van der Waals surface area contributed by atoms with Crippen molar-refractivity contribution < 1.29 is 0 Å². The molecule has 1 aromatic rings. The molecule has 2 nitrogen and oxygen atoms in total.